The Morgan fingerprint density at radius 2 is 1.60 bits per heavy atom. The van der Waals surface area contributed by atoms with Gasteiger partial charge in [0.2, 0.25) is 0 Å². The SMILES string of the molecule is CC[C@H]1CN2CCc3c(OC)ccc(OC)c3[C@H]2C[C@@H]1C[C@@H]1NCCc2cc(OC)c(OC)cc21. The van der Waals surface area contributed by atoms with Crippen LogP contribution in [-0.2, 0) is 12.8 Å². The number of piperidine rings is 1. The molecular weight excluding hydrogens is 440 g/mol. The summed E-state index contributed by atoms with van der Waals surface area (Å²) in [6.07, 6.45) is 5.53. The van der Waals surface area contributed by atoms with Crippen molar-refractivity contribution in [3.05, 3.63) is 46.5 Å². The van der Waals surface area contributed by atoms with Crippen molar-refractivity contribution in [2.24, 2.45) is 11.8 Å². The maximum absolute atomic E-state index is 5.87. The van der Waals surface area contributed by atoms with Crippen molar-refractivity contribution < 1.29 is 18.9 Å². The Labute approximate surface area is 209 Å². The van der Waals surface area contributed by atoms with Gasteiger partial charge in [-0.15, -0.1) is 0 Å². The number of hydrogen-bond acceptors (Lipinski definition) is 6. The molecule has 2 aromatic carbocycles. The molecule has 1 saturated heterocycles. The molecule has 0 amide bonds. The molecule has 0 spiro atoms. The van der Waals surface area contributed by atoms with E-state index in [-0.39, 0.29) is 0 Å². The molecule has 3 aliphatic heterocycles. The zero-order valence-electron chi connectivity index (χ0n) is 21.9. The summed E-state index contributed by atoms with van der Waals surface area (Å²) in [5.74, 6) is 4.96. The number of fused-ring (bicyclic) bond motifs is 4. The predicted octanol–water partition coefficient (Wildman–Crippen LogP) is 4.94. The van der Waals surface area contributed by atoms with E-state index in [4.69, 9.17) is 18.9 Å². The maximum atomic E-state index is 5.87. The topological polar surface area (TPSA) is 52.2 Å². The molecule has 5 rings (SSSR count). The first-order chi connectivity index (χ1) is 17.1. The highest BCUT2D eigenvalue weighted by molar-refractivity contribution is 5.52. The minimum Gasteiger partial charge on any atom is -0.496 e. The van der Waals surface area contributed by atoms with Crippen molar-refractivity contribution in [1.82, 2.24) is 10.2 Å². The molecule has 6 heteroatoms. The summed E-state index contributed by atoms with van der Waals surface area (Å²) in [5.41, 5.74) is 5.43. The van der Waals surface area contributed by atoms with Crippen LogP contribution in [0.4, 0.5) is 0 Å². The molecule has 4 atom stereocenters. The number of nitrogens with one attached hydrogen (secondary N) is 1. The van der Waals surface area contributed by atoms with E-state index in [0.717, 1.165) is 68.3 Å². The third kappa shape index (κ3) is 4.36. The monoisotopic (exact) mass is 480 g/mol. The number of nitrogens with zero attached hydrogens (tertiary/aromatic N) is 1. The number of benzene rings is 2. The van der Waals surface area contributed by atoms with Crippen LogP contribution in [-0.4, -0.2) is 53.0 Å². The van der Waals surface area contributed by atoms with Gasteiger partial charge in [-0.1, -0.05) is 13.3 Å². The van der Waals surface area contributed by atoms with Crippen LogP contribution in [0.1, 0.15) is 60.5 Å². The zero-order valence-corrected chi connectivity index (χ0v) is 21.9. The van der Waals surface area contributed by atoms with Crippen LogP contribution in [0.15, 0.2) is 24.3 Å². The molecule has 1 N–H and O–H groups in total. The van der Waals surface area contributed by atoms with Crippen LogP contribution >= 0.6 is 0 Å². The Kier molecular flexibility index (Phi) is 7.12. The molecule has 3 heterocycles. The fraction of sp³-hybridized carbons (Fsp3) is 0.586. The number of methoxy groups -OCH3 is 4. The van der Waals surface area contributed by atoms with E-state index in [2.05, 4.69) is 41.4 Å². The van der Waals surface area contributed by atoms with Gasteiger partial charge in [-0.05, 0) is 79.5 Å². The lowest BCUT2D eigenvalue weighted by molar-refractivity contribution is 0.0419. The lowest BCUT2D eigenvalue weighted by Gasteiger charge is -2.48. The Balaban J connectivity index is 1.45. The fourth-order valence-corrected chi connectivity index (χ4v) is 6.86. The van der Waals surface area contributed by atoms with Gasteiger partial charge in [-0.3, -0.25) is 4.90 Å². The first kappa shape index (κ1) is 24.3. The molecule has 0 aliphatic carbocycles. The Bertz CT molecular complexity index is 1060. The van der Waals surface area contributed by atoms with Crippen LogP contribution in [0.3, 0.4) is 0 Å². The van der Waals surface area contributed by atoms with E-state index < -0.39 is 0 Å². The molecule has 3 aliphatic rings. The summed E-state index contributed by atoms with van der Waals surface area (Å²) >= 11 is 0. The molecule has 2 aromatic rings. The van der Waals surface area contributed by atoms with E-state index in [1.807, 2.05) is 0 Å². The summed E-state index contributed by atoms with van der Waals surface area (Å²) in [7, 11) is 7.01. The zero-order chi connectivity index (χ0) is 24.5. The minimum absolute atomic E-state index is 0.333. The van der Waals surface area contributed by atoms with Crippen molar-refractivity contribution in [2.45, 2.75) is 51.1 Å². The summed E-state index contributed by atoms with van der Waals surface area (Å²) < 4.78 is 22.9. The van der Waals surface area contributed by atoms with Crippen LogP contribution in [0.25, 0.3) is 0 Å². The minimum atomic E-state index is 0.333. The summed E-state index contributed by atoms with van der Waals surface area (Å²) in [4.78, 5) is 2.70. The van der Waals surface area contributed by atoms with E-state index in [1.165, 1.54) is 28.7 Å². The lowest BCUT2D eigenvalue weighted by Crippen LogP contribution is -2.47. The number of rotatable bonds is 7. The second-order valence-electron chi connectivity index (χ2n) is 10.2. The van der Waals surface area contributed by atoms with Crippen molar-refractivity contribution >= 4 is 0 Å². The molecule has 0 aromatic heterocycles. The smallest absolute Gasteiger partial charge is 0.161 e. The van der Waals surface area contributed by atoms with Gasteiger partial charge in [0.05, 0.1) is 28.4 Å². The van der Waals surface area contributed by atoms with Crippen LogP contribution in [0, 0.1) is 11.8 Å². The number of ether oxygens (including phenoxy) is 4. The van der Waals surface area contributed by atoms with Crippen molar-refractivity contribution in [2.75, 3.05) is 48.1 Å². The van der Waals surface area contributed by atoms with Gasteiger partial charge in [0, 0.05) is 36.3 Å². The van der Waals surface area contributed by atoms with Crippen LogP contribution in [0.5, 0.6) is 23.0 Å². The van der Waals surface area contributed by atoms with Crippen molar-refractivity contribution in [3.63, 3.8) is 0 Å². The summed E-state index contributed by atoms with van der Waals surface area (Å²) in [6.45, 7) is 5.60. The molecule has 1 fully saturated rings. The van der Waals surface area contributed by atoms with Gasteiger partial charge in [0.1, 0.15) is 11.5 Å². The van der Waals surface area contributed by atoms with E-state index in [0.29, 0.717) is 23.9 Å². The molecule has 190 valence electrons. The molecule has 0 radical (unpaired) electrons. The van der Waals surface area contributed by atoms with Crippen LogP contribution in [0.2, 0.25) is 0 Å². The highest BCUT2D eigenvalue weighted by Crippen LogP contribution is 2.49. The van der Waals surface area contributed by atoms with Crippen molar-refractivity contribution in [3.8, 4) is 23.0 Å². The molecule has 0 saturated carbocycles. The molecule has 0 bridgehead atoms. The lowest BCUT2D eigenvalue weighted by atomic mass is 9.72. The average molecular weight is 481 g/mol. The largest absolute Gasteiger partial charge is 0.496 e. The summed E-state index contributed by atoms with van der Waals surface area (Å²) in [5, 5.41) is 3.83. The Hall–Kier alpha value is -2.44. The van der Waals surface area contributed by atoms with E-state index >= 15 is 0 Å². The molecule has 35 heavy (non-hydrogen) atoms. The molecular formula is C29H40N2O4. The Morgan fingerprint density at radius 3 is 2.31 bits per heavy atom. The third-order valence-corrected chi connectivity index (χ3v) is 8.67. The first-order valence-electron chi connectivity index (χ1n) is 13.1. The van der Waals surface area contributed by atoms with Gasteiger partial charge < -0.3 is 24.3 Å². The highest BCUT2D eigenvalue weighted by atomic mass is 16.5. The van der Waals surface area contributed by atoms with Gasteiger partial charge in [0.25, 0.3) is 0 Å². The second-order valence-corrected chi connectivity index (χ2v) is 10.2. The predicted molar refractivity (Wildman–Crippen MR) is 138 cm³/mol. The standard InChI is InChI=1S/C29H40N2O4/c1-6-18-17-31-12-10-21-25(32-2)7-8-26(33-3)29(21)24(31)14-20(18)13-23-22-16-28(35-5)27(34-4)15-19(22)9-11-30-23/h7-8,15-16,18,20,23-24,30H,6,9-14,17H2,1-5H3/t18-,20-,23-,24+/m0/s1. The normalized spacial score (nSPS) is 25.7. The quantitative estimate of drug-likeness (QED) is 0.606. The van der Waals surface area contributed by atoms with Crippen molar-refractivity contribution in [1.29, 1.82) is 0 Å². The number of hydrogen-bond donors (Lipinski definition) is 1. The van der Waals surface area contributed by atoms with Gasteiger partial charge in [0.15, 0.2) is 11.5 Å². The molecule has 0 unspecified atom stereocenters. The second kappa shape index (κ2) is 10.3. The van der Waals surface area contributed by atoms with E-state index in [9.17, 15) is 0 Å². The van der Waals surface area contributed by atoms with Gasteiger partial charge >= 0.3 is 0 Å². The molecule has 6 nitrogen and oxygen atoms in total. The van der Waals surface area contributed by atoms with Crippen LogP contribution < -0.4 is 24.3 Å². The van der Waals surface area contributed by atoms with E-state index in [1.54, 1.807) is 28.4 Å². The average Bonchev–Trinajstić information content (AvgIpc) is 2.91. The van der Waals surface area contributed by atoms with Gasteiger partial charge in [-0.25, -0.2) is 0 Å². The third-order valence-electron chi connectivity index (χ3n) is 8.67. The highest BCUT2D eigenvalue weighted by Gasteiger charge is 2.41. The van der Waals surface area contributed by atoms with Gasteiger partial charge in [-0.2, -0.15) is 0 Å². The fourth-order valence-electron chi connectivity index (χ4n) is 6.86. The first-order valence-corrected chi connectivity index (χ1v) is 13.1. The maximum Gasteiger partial charge on any atom is 0.161 e. The summed E-state index contributed by atoms with van der Waals surface area (Å²) in [6, 6.07) is 9.24. The Morgan fingerprint density at radius 1 is 0.886 bits per heavy atom.